The average molecular weight is 456 g/mol. The van der Waals surface area contributed by atoms with Crippen LogP contribution in [0, 0.1) is 10.1 Å². The Morgan fingerprint density at radius 1 is 1.12 bits per heavy atom. The lowest BCUT2D eigenvalue weighted by Crippen LogP contribution is -2.48. The number of rotatable bonds is 9. The molecule has 1 saturated heterocycles. The van der Waals surface area contributed by atoms with Crippen molar-refractivity contribution in [1.29, 1.82) is 0 Å². The molecule has 0 saturated carbocycles. The van der Waals surface area contributed by atoms with Crippen LogP contribution in [0.3, 0.4) is 0 Å². The van der Waals surface area contributed by atoms with Crippen LogP contribution in [-0.2, 0) is 11.3 Å². The highest BCUT2D eigenvalue weighted by atomic mass is 32.1. The van der Waals surface area contributed by atoms with Gasteiger partial charge in [0.25, 0.3) is 5.69 Å². The minimum atomic E-state index is -0.388. The van der Waals surface area contributed by atoms with Gasteiger partial charge in [0.2, 0.25) is 5.91 Å². The van der Waals surface area contributed by atoms with E-state index in [4.69, 9.17) is 4.98 Å². The molecule has 32 heavy (non-hydrogen) atoms. The Balaban J connectivity index is 1.43. The van der Waals surface area contributed by atoms with E-state index in [0.717, 1.165) is 67.5 Å². The van der Waals surface area contributed by atoms with E-state index in [1.54, 1.807) is 23.5 Å². The second-order valence-corrected chi connectivity index (χ2v) is 9.11. The molecule has 1 aliphatic heterocycles. The Morgan fingerprint density at radius 3 is 2.56 bits per heavy atom. The summed E-state index contributed by atoms with van der Waals surface area (Å²) < 4.78 is 2.10. The third-order valence-electron chi connectivity index (χ3n) is 6.06. The molecule has 0 unspecified atom stereocenters. The molecule has 8 nitrogen and oxygen atoms in total. The zero-order chi connectivity index (χ0) is 22.5. The Bertz CT molecular complexity index is 1070. The van der Waals surface area contributed by atoms with Gasteiger partial charge in [-0.05, 0) is 18.6 Å². The molecule has 0 spiro atoms. The highest BCUT2D eigenvalue weighted by Crippen LogP contribution is 2.29. The fourth-order valence-electron chi connectivity index (χ4n) is 4.18. The van der Waals surface area contributed by atoms with Gasteiger partial charge in [0.15, 0.2) is 4.96 Å². The van der Waals surface area contributed by atoms with Crippen LogP contribution in [0.25, 0.3) is 16.2 Å². The van der Waals surface area contributed by atoms with E-state index >= 15 is 0 Å². The molecule has 1 amide bonds. The van der Waals surface area contributed by atoms with Crippen molar-refractivity contribution in [2.24, 2.45) is 0 Å². The third kappa shape index (κ3) is 4.99. The Hall–Kier alpha value is -2.78. The predicted molar refractivity (Wildman–Crippen MR) is 126 cm³/mol. The molecule has 3 heterocycles. The first kappa shape index (κ1) is 22.4. The number of nitrogens with zero attached hydrogens (tertiary/aromatic N) is 5. The smallest absolute Gasteiger partial charge is 0.269 e. The van der Waals surface area contributed by atoms with Crippen LogP contribution < -0.4 is 0 Å². The number of unbranched alkanes of at least 4 members (excludes halogenated alkanes) is 3. The number of fused-ring (bicyclic) bond motifs is 1. The van der Waals surface area contributed by atoms with Crippen LogP contribution >= 0.6 is 11.3 Å². The number of hydrogen-bond donors (Lipinski definition) is 0. The second-order valence-electron chi connectivity index (χ2n) is 8.23. The van der Waals surface area contributed by atoms with Crippen molar-refractivity contribution in [2.75, 3.05) is 26.2 Å². The van der Waals surface area contributed by atoms with Crippen molar-refractivity contribution in [3.05, 3.63) is 51.7 Å². The van der Waals surface area contributed by atoms with Crippen LogP contribution in [0.4, 0.5) is 5.69 Å². The monoisotopic (exact) mass is 455 g/mol. The number of aromatic nitrogens is 2. The summed E-state index contributed by atoms with van der Waals surface area (Å²) in [6.45, 7) is 6.08. The Kier molecular flexibility index (Phi) is 7.16. The first-order valence-corrected chi connectivity index (χ1v) is 12.1. The predicted octanol–water partition coefficient (Wildman–Crippen LogP) is 4.59. The lowest BCUT2D eigenvalue weighted by atomic mass is 10.1. The SMILES string of the molecule is CCCCCCC(=O)N1CCN(Cc2c(-c3ccc([N+](=O)[O-])cc3)nc3sccn23)CC1. The average Bonchev–Trinajstić information content (AvgIpc) is 3.40. The summed E-state index contributed by atoms with van der Waals surface area (Å²) in [6.07, 6.45) is 7.17. The van der Waals surface area contributed by atoms with E-state index in [-0.39, 0.29) is 16.5 Å². The summed E-state index contributed by atoms with van der Waals surface area (Å²) in [7, 11) is 0. The van der Waals surface area contributed by atoms with Crippen LogP contribution in [0.5, 0.6) is 0 Å². The number of amides is 1. The fraction of sp³-hybridized carbons (Fsp3) is 0.478. The lowest BCUT2D eigenvalue weighted by Gasteiger charge is -2.34. The second kappa shape index (κ2) is 10.2. The number of carbonyl (C=O) groups excluding carboxylic acids is 1. The van der Waals surface area contributed by atoms with Crippen LogP contribution in [0.15, 0.2) is 35.8 Å². The van der Waals surface area contributed by atoms with Crippen LogP contribution in [-0.4, -0.2) is 56.2 Å². The topological polar surface area (TPSA) is 84.0 Å². The van der Waals surface area contributed by atoms with E-state index in [0.29, 0.717) is 6.42 Å². The van der Waals surface area contributed by atoms with Gasteiger partial charge in [-0.3, -0.25) is 24.2 Å². The van der Waals surface area contributed by atoms with Crippen molar-refractivity contribution in [1.82, 2.24) is 19.2 Å². The van der Waals surface area contributed by atoms with Crippen molar-refractivity contribution in [3.63, 3.8) is 0 Å². The first-order chi connectivity index (χ1) is 15.6. The molecule has 0 bridgehead atoms. The zero-order valence-corrected chi connectivity index (χ0v) is 19.2. The van der Waals surface area contributed by atoms with E-state index < -0.39 is 0 Å². The number of piperazine rings is 1. The number of nitro benzene ring substituents is 1. The third-order valence-corrected chi connectivity index (χ3v) is 6.81. The summed E-state index contributed by atoms with van der Waals surface area (Å²) in [6, 6.07) is 6.58. The summed E-state index contributed by atoms with van der Waals surface area (Å²) in [4.78, 5) is 33.2. The molecule has 3 aromatic rings. The normalized spacial score (nSPS) is 14.8. The number of imidazole rings is 1. The Morgan fingerprint density at radius 2 is 1.88 bits per heavy atom. The molecule has 1 aromatic carbocycles. The molecule has 4 rings (SSSR count). The van der Waals surface area contributed by atoms with E-state index in [1.807, 2.05) is 16.5 Å². The van der Waals surface area contributed by atoms with Gasteiger partial charge in [-0.1, -0.05) is 26.2 Å². The van der Waals surface area contributed by atoms with Gasteiger partial charge in [0, 0.05) is 68.4 Å². The quantitative estimate of drug-likeness (QED) is 0.268. The number of non-ortho nitro benzene ring substituents is 1. The van der Waals surface area contributed by atoms with Crippen LogP contribution in [0.1, 0.15) is 44.7 Å². The van der Waals surface area contributed by atoms with Gasteiger partial charge in [-0.2, -0.15) is 0 Å². The van der Waals surface area contributed by atoms with Gasteiger partial charge in [-0.25, -0.2) is 4.98 Å². The molecule has 170 valence electrons. The Labute approximate surface area is 191 Å². The van der Waals surface area contributed by atoms with E-state index in [9.17, 15) is 14.9 Å². The maximum atomic E-state index is 12.5. The summed E-state index contributed by atoms with van der Waals surface area (Å²) in [5.41, 5.74) is 2.89. The number of nitro groups is 1. The number of carbonyl (C=O) groups is 1. The van der Waals surface area contributed by atoms with Gasteiger partial charge in [0.05, 0.1) is 16.3 Å². The molecular weight excluding hydrogens is 426 g/mol. The molecule has 9 heteroatoms. The number of thiazole rings is 1. The minimum absolute atomic E-state index is 0.0757. The number of benzene rings is 1. The molecule has 1 fully saturated rings. The van der Waals surface area contributed by atoms with Crippen molar-refractivity contribution < 1.29 is 9.72 Å². The van der Waals surface area contributed by atoms with Gasteiger partial charge in [0.1, 0.15) is 0 Å². The molecule has 0 atom stereocenters. The summed E-state index contributed by atoms with van der Waals surface area (Å²) >= 11 is 1.57. The molecule has 1 aliphatic rings. The van der Waals surface area contributed by atoms with Crippen molar-refractivity contribution in [2.45, 2.75) is 45.6 Å². The highest BCUT2D eigenvalue weighted by Gasteiger charge is 2.24. The molecule has 2 aromatic heterocycles. The van der Waals surface area contributed by atoms with Crippen molar-refractivity contribution in [3.8, 4) is 11.3 Å². The van der Waals surface area contributed by atoms with Gasteiger partial charge in [-0.15, -0.1) is 11.3 Å². The summed E-state index contributed by atoms with van der Waals surface area (Å²) in [5.74, 6) is 0.275. The van der Waals surface area contributed by atoms with E-state index in [2.05, 4.69) is 16.2 Å². The van der Waals surface area contributed by atoms with Gasteiger partial charge < -0.3 is 4.90 Å². The maximum Gasteiger partial charge on any atom is 0.269 e. The minimum Gasteiger partial charge on any atom is -0.340 e. The largest absolute Gasteiger partial charge is 0.340 e. The zero-order valence-electron chi connectivity index (χ0n) is 18.4. The molecule has 0 N–H and O–H groups in total. The standard InChI is InChI=1S/C23H29N5O3S/c1-2-3-4-5-6-21(29)26-13-11-25(12-14-26)17-20-22(24-23-27(20)15-16-32-23)18-7-9-19(10-8-18)28(30)31/h7-10,15-16H,2-6,11-14,17H2,1H3. The van der Waals surface area contributed by atoms with Gasteiger partial charge >= 0.3 is 0 Å². The molecule has 0 aliphatic carbocycles. The first-order valence-electron chi connectivity index (χ1n) is 11.3. The maximum absolute atomic E-state index is 12.5. The number of hydrogen-bond acceptors (Lipinski definition) is 6. The van der Waals surface area contributed by atoms with E-state index in [1.165, 1.54) is 25.0 Å². The lowest BCUT2D eigenvalue weighted by molar-refractivity contribution is -0.384. The highest BCUT2D eigenvalue weighted by molar-refractivity contribution is 7.15. The van der Waals surface area contributed by atoms with Crippen molar-refractivity contribution >= 4 is 27.9 Å². The molecular formula is C23H29N5O3S. The fourth-order valence-corrected chi connectivity index (χ4v) is 4.92. The molecule has 0 radical (unpaired) electrons. The summed E-state index contributed by atoms with van der Waals surface area (Å²) in [5, 5.41) is 13.0. The van der Waals surface area contributed by atoms with Crippen LogP contribution in [0.2, 0.25) is 0 Å².